The van der Waals surface area contributed by atoms with Gasteiger partial charge in [-0.05, 0) is 25.3 Å². The molecular formula is C20H28N4O4. The molecule has 0 saturated carbocycles. The average molecular weight is 388 g/mol. The quantitative estimate of drug-likeness (QED) is 0.679. The van der Waals surface area contributed by atoms with Crippen LogP contribution in [0, 0.1) is 12.8 Å². The summed E-state index contributed by atoms with van der Waals surface area (Å²) in [6.45, 7) is 6.87. The van der Waals surface area contributed by atoms with Crippen LogP contribution in [0.15, 0.2) is 18.2 Å². The summed E-state index contributed by atoms with van der Waals surface area (Å²) >= 11 is 0. The molecule has 2 aromatic rings. The number of amides is 1. The summed E-state index contributed by atoms with van der Waals surface area (Å²) in [7, 11) is 4.56. The molecule has 1 amide bonds. The molecule has 0 bridgehead atoms. The highest BCUT2D eigenvalue weighted by molar-refractivity contribution is 6.03. The molecule has 28 heavy (non-hydrogen) atoms. The van der Waals surface area contributed by atoms with Crippen molar-refractivity contribution in [3.8, 4) is 17.2 Å². The second kappa shape index (κ2) is 9.77. The molecule has 0 fully saturated rings. The van der Waals surface area contributed by atoms with Gasteiger partial charge in [-0.3, -0.25) is 4.79 Å². The SMILES string of the molecule is COc1cc(NC(=O)c2cc(C)nc(NCCC(C)C)n2)cc(OC)c1OC. The van der Waals surface area contributed by atoms with Crippen molar-refractivity contribution in [2.75, 3.05) is 38.5 Å². The maximum atomic E-state index is 12.7. The first-order valence-corrected chi connectivity index (χ1v) is 9.08. The average Bonchev–Trinajstić information content (AvgIpc) is 2.66. The fraction of sp³-hybridized carbons (Fsp3) is 0.450. The van der Waals surface area contributed by atoms with Crippen molar-refractivity contribution >= 4 is 17.5 Å². The minimum Gasteiger partial charge on any atom is -0.493 e. The maximum Gasteiger partial charge on any atom is 0.274 e. The number of aryl methyl sites for hydroxylation is 1. The smallest absolute Gasteiger partial charge is 0.274 e. The molecule has 1 heterocycles. The number of nitrogens with one attached hydrogen (secondary N) is 2. The number of aromatic nitrogens is 2. The van der Waals surface area contributed by atoms with Gasteiger partial charge in [0.05, 0.1) is 21.3 Å². The van der Waals surface area contributed by atoms with Crippen molar-refractivity contribution in [2.24, 2.45) is 5.92 Å². The Labute approximate surface area is 165 Å². The number of methoxy groups -OCH3 is 3. The van der Waals surface area contributed by atoms with Crippen molar-refractivity contribution in [3.05, 3.63) is 29.6 Å². The Morgan fingerprint density at radius 3 is 2.21 bits per heavy atom. The Morgan fingerprint density at radius 2 is 1.68 bits per heavy atom. The van der Waals surface area contributed by atoms with Crippen LogP contribution in [0.1, 0.15) is 36.5 Å². The van der Waals surface area contributed by atoms with E-state index in [0.29, 0.717) is 40.5 Å². The number of hydrogen-bond donors (Lipinski definition) is 2. The molecule has 152 valence electrons. The van der Waals surface area contributed by atoms with Gasteiger partial charge in [0.25, 0.3) is 5.91 Å². The summed E-state index contributed by atoms with van der Waals surface area (Å²) in [5.41, 5.74) is 1.48. The molecule has 1 aromatic heterocycles. The minimum absolute atomic E-state index is 0.272. The Hall–Kier alpha value is -3.03. The first-order valence-electron chi connectivity index (χ1n) is 9.08. The zero-order chi connectivity index (χ0) is 20.7. The summed E-state index contributed by atoms with van der Waals surface area (Å²) in [5, 5.41) is 5.98. The van der Waals surface area contributed by atoms with E-state index in [1.807, 2.05) is 6.92 Å². The fourth-order valence-electron chi connectivity index (χ4n) is 2.58. The van der Waals surface area contributed by atoms with E-state index in [1.165, 1.54) is 21.3 Å². The second-order valence-corrected chi connectivity index (χ2v) is 6.70. The number of rotatable bonds is 9. The number of carbonyl (C=O) groups is 1. The third-order valence-corrected chi connectivity index (χ3v) is 4.01. The molecule has 8 nitrogen and oxygen atoms in total. The largest absolute Gasteiger partial charge is 0.493 e. The summed E-state index contributed by atoms with van der Waals surface area (Å²) in [6.07, 6.45) is 0.990. The first kappa shape index (κ1) is 21.3. The van der Waals surface area contributed by atoms with Crippen LogP contribution in [-0.4, -0.2) is 43.7 Å². The van der Waals surface area contributed by atoms with Crippen LogP contribution in [0.3, 0.4) is 0 Å². The molecule has 0 aliphatic carbocycles. The Balaban J connectivity index is 2.21. The number of benzene rings is 1. The maximum absolute atomic E-state index is 12.7. The van der Waals surface area contributed by atoms with Gasteiger partial charge in [0.1, 0.15) is 5.69 Å². The summed E-state index contributed by atoms with van der Waals surface area (Å²) in [4.78, 5) is 21.4. The third kappa shape index (κ3) is 5.48. The summed E-state index contributed by atoms with van der Waals surface area (Å²) in [5.74, 6) is 2.01. The van der Waals surface area contributed by atoms with Gasteiger partial charge >= 0.3 is 0 Å². The van der Waals surface area contributed by atoms with Gasteiger partial charge < -0.3 is 24.8 Å². The molecule has 0 spiro atoms. The standard InChI is InChI=1S/C20H28N4O4/c1-12(2)7-8-21-20-22-13(3)9-15(24-20)19(25)23-14-10-16(26-4)18(28-6)17(11-14)27-5/h9-12H,7-8H2,1-6H3,(H,23,25)(H,21,22,24). The molecule has 0 saturated heterocycles. The Bertz CT molecular complexity index is 799. The van der Waals surface area contributed by atoms with Crippen LogP contribution >= 0.6 is 0 Å². The molecule has 0 unspecified atom stereocenters. The van der Waals surface area contributed by atoms with Gasteiger partial charge in [-0.25, -0.2) is 9.97 Å². The second-order valence-electron chi connectivity index (χ2n) is 6.70. The van der Waals surface area contributed by atoms with Crippen molar-refractivity contribution in [3.63, 3.8) is 0 Å². The number of nitrogens with zero attached hydrogens (tertiary/aromatic N) is 2. The highest BCUT2D eigenvalue weighted by Crippen LogP contribution is 2.40. The molecule has 0 radical (unpaired) electrons. The van der Waals surface area contributed by atoms with Crippen LogP contribution in [0.5, 0.6) is 17.2 Å². The summed E-state index contributed by atoms with van der Waals surface area (Å²) < 4.78 is 15.9. The van der Waals surface area contributed by atoms with Crippen LogP contribution in [0.25, 0.3) is 0 Å². The lowest BCUT2D eigenvalue weighted by atomic mass is 10.1. The van der Waals surface area contributed by atoms with Gasteiger partial charge in [0.15, 0.2) is 11.5 Å². The highest BCUT2D eigenvalue weighted by Gasteiger charge is 2.16. The molecule has 2 N–H and O–H groups in total. The number of ether oxygens (including phenoxy) is 3. The lowest BCUT2D eigenvalue weighted by Crippen LogP contribution is -2.17. The highest BCUT2D eigenvalue weighted by atomic mass is 16.5. The molecule has 1 aromatic carbocycles. The van der Waals surface area contributed by atoms with Crippen molar-refractivity contribution in [1.82, 2.24) is 9.97 Å². The predicted molar refractivity (Wildman–Crippen MR) is 109 cm³/mol. The van der Waals surface area contributed by atoms with Crippen molar-refractivity contribution in [2.45, 2.75) is 27.2 Å². The number of carbonyl (C=O) groups excluding carboxylic acids is 1. The van der Waals surface area contributed by atoms with Gasteiger partial charge in [-0.15, -0.1) is 0 Å². The molecule has 2 rings (SSSR count). The molecule has 0 aliphatic rings. The van der Waals surface area contributed by atoms with E-state index in [0.717, 1.165) is 13.0 Å². The van der Waals surface area contributed by atoms with Crippen molar-refractivity contribution < 1.29 is 19.0 Å². The zero-order valence-corrected chi connectivity index (χ0v) is 17.3. The minimum atomic E-state index is -0.355. The van der Waals surface area contributed by atoms with Crippen LogP contribution in [0.4, 0.5) is 11.6 Å². The summed E-state index contributed by atoms with van der Waals surface area (Å²) in [6, 6.07) is 4.96. The van der Waals surface area contributed by atoms with Crippen LogP contribution in [-0.2, 0) is 0 Å². The van der Waals surface area contributed by atoms with Gasteiger partial charge in [0.2, 0.25) is 11.7 Å². The zero-order valence-electron chi connectivity index (χ0n) is 17.3. The fourth-order valence-corrected chi connectivity index (χ4v) is 2.58. The number of hydrogen-bond acceptors (Lipinski definition) is 7. The lowest BCUT2D eigenvalue weighted by Gasteiger charge is -2.15. The molecule has 0 atom stereocenters. The van der Waals surface area contributed by atoms with E-state index >= 15 is 0 Å². The van der Waals surface area contributed by atoms with E-state index in [9.17, 15) is 4.79 Å². The van der Waals surface area contributed by atoms with E-state index in [4.69, 9.17) is 14.2 Å². The van der Waals surface area contributed by atoms with E-state index in [-0.39, 0.29) is 11.6 Å². The Kier molecular flexibility index (Phi) is 7.43. The molecule has 8 heteroatoms. The lowest BCUT2D eigenvalue weighted by molar-refractivity contribution is 0.102. The van der Waals surface area contributed by atoms with Crippen LogP contribution < -0.4 is 24.8 Å². The monoisotopic (exact) mass is 388 g/mol. The van der Waals surface area contributed by atoms with Gasteiger partial charge in [-0.2, -0.15) is 0 Å². The Morgan fingerprint density at radius 1 is 1.04 bits per heavy atom. The van der Waals surface area contributed by atoms with Gasteiger partial charge in [0, 0.05) is 30.1 Å². The predicted octanol–water partition coefficient (Wildman–Crippen LogP) is 3.52. The van der Waals surface area contributed by atoms with E-state index in [2.05, 4.69) is 34.4 Å². The van der Waals surface area contributed by atoms with Crippen molar-refractivity contribution in [1.29, 1.82) is 0 Å². The normalized spacial score (nSPS) is 10.5. The van der Waals surface area contributed by atoms with Crippen LogP contribution in [0.2, 0.25) is 0 Å². The molecule has 0 aliphatic heterocycles. The first-order chi connectivity index (χ1) is 13.4. The van der Waals surface area contributed by atoms with E-state index in [1.54, 1.807) is 18.2 Å². The number of anilines is 2. The molecular weight excluding hydrogens is 360 g/mol. The van der Waals surface area contributed by atoms with Gasteiger partial charge in [-0.1, -0.05) is 13.8 Å². The third-order valence-electron chi connectivity index (χ3n) is 4.01. The van der Waals surface area contributed by atoms with E-state index < -0.39 is 0 Å². The topological polar surface area (TPSA) is 94.6 Å².